The first-order chi connectivity index (χ1) is 9.74. The Kier molecular flexibility index (Phi) is 2.90. The van der Waals surface area contributed by atoms with Gasteiger partial charge in [0.15, 0.2) is 0 Å². The largest absolute Gasteiger partial charge is 0.467 e. The smallest absolute Gasteiger partial charge is 0.305 e. The lowest BCUT2D eigenvalue weighted by Crippen LogP contribution is -2.26. The quantitative estimate of drug-likeness (QED) is 0.726. The van der Waals surface area contributed by atoms with Gasteiger partial charge in [-0.2, -0.15) is 0 Å². The number of fused-ring (bicyclic) bond motifs is 1. The summed E-state index contributed by atoms with van der Waals surface area (Å²) in [6.45, 7) is 0. The molecule has 3 aromatic rings. The number of oxazole rings is 1. The highest BCUT2D eigenvalue weighted by Crippen LogP contribution is 2.24. The van der Waals surface area contributed by atoms with Crippen LogP contribution in [0.4, 0.5) is 0 Å². The van der Waals surface area contributed by atoms with Crippen molar-refractivity contribution in [3.8, 4) is 17.5 Å². The highest BCUT2D eigenvalue weighted by Gasteiger charge is 2.16. The van der Waals surface area contributed by atoms with E-state index in [0.29, 0.717) is 11.1 Å². The lowest BCUT2D eigenvalue weighted by Gasteiger charge is -2.09. The summed E-state index contributed by atoms with van der Waals surface area (Å²) in [4.78, 5) is 21.6. The van der Waals surface area contributed by atoms with E-state index in [1.165, 1.54) is 20.4 Å². The molecule has 0 N–H and O–H groups in total. The molecular weight excluding hydrogens is 260 g/mol. The molecule has 102 valence electrons. The molecule has 2 heterocycles. The molecule has 0 aliphatic rings. The zero-order valence-corrected chi connectivity index (χ0v) is 11.0. The van der Waals surface area contributed by atoms with Crippen LogP contribution in [0.1, 0.15) is 0 Å². The van der Waals surface area contributed by atoms with Crippen LogP contribution in [-0.4, -0.2) is 23.9 Å². The van der Waals surface area contributed by atoms with Gasteiger partial charge in [-0.1, -0.05) is 18.2 Å². The predicted octanol–water partition coefficient (Wildman–Crippen LogP) is 1.72. The van der Waals surface area contributed by atoms with Crippen LogP contribution in [0.5, 0.6) is 5.95 Å². The minimum absolute atomic E-state index is 0.256. The summed E-state index contributed by atoms with van der Waals surface area (Å²) in [5, 5.41) is 1.36. The third-order valence-electron chi connectivity index (χ3n) is 2.97. The Morgan fingerprint density at radius 1 is 1.25 bits per heavy atom. The monoisotopic (exact) mass is 272 g/mol. The fourth-order valence-electron chi connectivity index (χ4n) is 2.04. The van der Waals surface area contributed by atoms with E-state index in [2.05, 4.69) is 4.98 Å². The summed E-state index contributed by atoms with van der Waals surface area (Å²) < 4.78 is 11.5. The Hall–Kier alpha value is -2.76. The molecule has 6 nitrogen and oxygen atoms in total. The van der Waals surface area contributed by atoms with Crippen LogP contribution < -0.4 is 15.1 Å². The van der Waals surface area contributed by atoms with E-state index in [1.54, 1.807) is 18.2 Å². The number of hydrogen-bond acceptors (Lipinski definition) is 5. The van der Waals surface area contributed by atoms with Gasteiger partial charge in [-0.25, -0.2) is 4.98 Å². The van der Waals surface area contributed by atoms with Gasteiger partial charge in [0.05, 0.1) is 12.5 Å². The minimum Gasteiger partial charge on any atom is -0.467 e. The summed E-state index contributed by atoms with van der Waals surface area (Å²) >= 11 is 0. The van der Waals surface area contributed by atoms with Gasteiger partial charge < -0.3 is 14.0 Å². The minimum atomic E-state index is -0.266. The standard InChI is InChI=1S/C14H12N2O4/c1-18-12-8-15-13(20-12)11-7-9-5-3-4-6-10(9)14(17)16(11)19-2/h3-8H,1-2H3. The van der Waals surface area contributed by atoms with Crippen LogP contribution in [0.25, 0.3) is 22.4 Å². The molecule has 0 saturated carbocycles. The maximum Gasteiger partial charge on any atom is 0.305 e. The number of benzene rings is 1. The maximum atomic E-state index is 12.4. The van der Waals surface area contributed by atoms with E-state index in [-0.39, 0.29) is 17.4 Å². The molecular formula is C14H12N2O4. The average molecular weight is 272 g/mol. The maximum absolute atomic E-state index is 12.4. The highest BCUT2D eigenvalue weighted by molar-refractivity contribution is 5.84. The summed E-state index contributed by atoms with van der Waals surface area (Å²) in [7, 11) is 2.90. The molecule has 0 unspecified atom stereocenters. The number of aromatic nitrogens is 2. The molecule has 20 heavy (non-hydrogen) atoms. The molecule has 0 atom stereocenters. The number of methoxy groups -OCH3 is 1. The number of hydrogen-bond donors (Lipinski definition) is 0. The molecule has 0 fully saturated rings. The van der Waals surface area contributed by atoms with Crippen molar-refractivity contribution in [2.45, 2.75) is 0 Å². The van der Waals surface area contributed by atoms with Gasteiger partial charge in [0.25, 0.3) is 11.4 Å². The zero-order valence-electron chi connectivity index (χ0n) is 11.0. The van der Waals surface area contributed by atoms with Crippen molar-refractivity contribution in [2.24, 2.45) is 0 Å². The van der Waals surface area contributed by atoms with Crippen molar-refractivity contribution in [3.05, 3.63) is 46.9 Å². The Bertz CT molecular complexity index is 819. The lowest BCUT2D eigenvalue weighted by atomic mass is 10.1. The molecule has 0 spiro atoms. The molecule has 0 saturated heterocycles. The first-order valence-corrected chi connectivity index (χ1v) is 5.94. The first kappa shape index (κ1) is 12.3. The van der Waals surface area contributed by atoms with Crippen molar-refractivity contribution in [1.82, 2.24) is 9.71 Å². The number of pyridine rings is 1. The predicted molar refractivity (Wildman–Crippen MR) is 72.8 cm³/mol. The van der Waals surface area contributed by atoms with Crippen LogP contribution in [-0.2, 0) is 0 Å². The van der Waals surface area contributed by atoms with Crippen molar-refractivity contribution >= 4 is 10.8 Å². The highest BCUT2D eigenvalue weighted by atomic mass is 16.7. The summed E-state index contributed by atoms with van der Waals surface area (Å²) in [5.41, 5.74) is 0.164. The normalized spacial score (nSPS) is 10.7. The van der Waals surface area contributed by atoms with Crippen molar-refractivity contribution in [1.29, 1.82) is 0 Å². The Morgan fingerprint density at radius 3 is 2.75 bits per heavy atom. The lowest BCUT2D eigenvalue weighted by molar-refractivity contribution is 0.161. The van der Waals surface area contributed by atoms with Gasteiger partial charge in [0, 0.05) is 0 Å². The summed E-state index contributed by atoms with van der Waals surface area (Å²) in [6, 6.07) is 9.04. The third kappa shape index (κ3) is 1.82. The molecule has 1 aromatic carbocycles. The van der Waals surface area contributed by atoms with Crippen molar-refractivity contribution < 1.29 is 14.0 Å². The second-order valence-corrected chi connectivity index (χ2v) is 4.09. The van der Waals surface area contributed by atoms with E-state index < -0.39 is 0 Å². The van der Waals surface area contributed by atoms with Gasteiger partial charge in [0.1, 0.15) is 19.0 Å². The van der Waals surface area contributed by atoms with Crippen LogP contribution in [0, 0.1) is 0 Å². The topological polar surface area (TPSA) is 66.5 Å². The molecule has 6 heteroatoms. The SMILES string of the molecule is COc1cnc(-c2cc3ccccc3c(=O)n2OC)o1. The van der Waals surface area contributed by atoms with Gasteiger partial charge in [-0.3, -0.25) is 4.79 Å². The first-order valence-electron chi connectivity index (χ1n) is 5.94. The molecule has 0 amide bonds. The zero-order chi connectivity index (χ0) is 14.1. The Morgan fingerprint density at radius 2 is 2.05 bits per heavy atom. The number of ether oxygens (including phenoxy) is 1. The molecule has 2 aromatic heterocycles. The summed E-state index contributed by atoms with van der Waals surface area (Å²) in [6.07, 6.45) is 1.44. The third-order valence-corrected chi connectivity index (χ3v) is 2.97. The Balaban J connectivity index is 2.31. The summed E-state index contributed by atoms with van der Waals surface area (Å²) in [5.74, 6) is 0.523. The molecule has 0 bridgehead atoms. The van der Waals surface area contributed by atoms with Crippen LogP contribution in [0.2, 0.25) is 0 Å². The molecule has 3 rings (SSSR count). The van der Waals surface area contributed by atoms with Crippen LogP contribution in [0.15, 0.2) is 45.7 Å². The molecule has 0 aliphatic carbocycles. The fourth-order valence-corrected chi connectivity index (χ4v) is 2.04. The van der Waals surface area contributed by atoms with Crippen LogP contribution in [0.3, 0.4) is 0 Å². The van der Waals surface area contributed by atoms with Crippen molar-refractivity contribution in [3.63, 3.8) is 0 Å². The van der Waals surface area contributed by atoms with Crippen molar-refractivity contribution in [2.75, 3.05) is 14.2 Å². The van der Waals surface area contributed by atoms with E-state index >= 15 is 0 Å². The molecule has 0 radical (unpaired) electrons. The van der Waals surface area contributed by atoms with E-state index in [9.17, 15) is 4.79 Å². The van der Waals surface area contributed by atoms with Gasteiger partial charge in [-0.15, -0.1) is 4.73 Å². The Labute approximate surface area is 114 Å². The van der Waals surface area contributed by atoms with Crippen LogP contribution >= 0.6 is 0 Å². The fraction of sp³-hybridized carbons (Fsp3) is 0.143. The second-order valence-electron chi connectivity index (χ2n) is 4.09. The number of nitrogens with zero attached hydrogens (tertiary/aromatic N) is 2. The number of rotatable bonds is 3. The van der Waals surface area contributed by atoms with Gasteiger partial charge in [-0.05, 0) is 17.5 Å². The molecule has 0 aliphatic heterocycles. The second kappa shape index (κ2) is 4.73. The van der Waals surface area contributed by atoms with E-state index in [1.807, 2.05) is 12.1 Å². The van der Waals surface area contributed by atoms with E-state index in [4.69, 9.17) is 14.0 Å². The van der Waals surface area contributed by atoms with E-state index in [0.717, 1.165) is 10.1 Å². The van der Waals surface area contributed by atoms with Gasteiger partial charge in [0.2, 0.25) is 0 Å². The average Bonchev–Trinajstić information content (AvgIpc) is 2.96. The van der Waals surface area contributed by atoms with Gasteiger partial charge >= 0.3 is 5.95 Å².